The van der Waals surface area contributed by atoms with Crippen molar-refractivity contribution in [3.63, 3.8) is 0 Å². The third-order valence-corrected chi connectivity index (χ3v) is 6.09. The second-order valence-corrected chi connectivity index (χ2v) is 8.46. The summed E-state index contributed by atoms with van der Waals surface area (Å²) in [5, 5.41) is 9.04. The smallest absolute Gasteiger partial charge is 0.258 e. The molecule has 1 fully saturated rings. The minimum Gasteiger partial charge on any atom is -0.369 e. The van der Waals surface area contributed by atoms with E-state index in [1.165, 1.54) is 6.42 Å². The molecule has 0 aromatic heterocycles. The molecule has 4 rings (SSSR count). The quantitative estimate of drug-likeness (QED) is 0.455. The molecule has 0 bridgehead atoms. The fourth-order valence-corrected chi connectivity index (χ4v) is 4.58. The molecule has 0 saturated carbocycles. The Kier molecular flexibility index (Phi) is 6.42. The van der Waals surface area contributed by atoms with Gasteiger partial charge < -0.3 is 10.2 Å². The van der Waals surface area contributed by atoms with Crippen molar-refractivity contribution in [3.8, 4) is 0 Å². The van der Waals surface area contributed by atoms with E-state index in [1.54, 1.807) is 12.1 Å². The molecule has 3 aromatic carbocycles. The molecular formula is C23H21Cl2N3OS. The van der Waals surface area contributed by atoms with Crippen LogP contribution in [0.1, 0.15) is 29.6 Å². The predicted octanol–water partition coefficient (Wildman–Crippen LogP) is 6.26. The lowest BCUT2D eigenvalue weighted by atomic mass is 10.0. The third-order valence-electron chi connectivity index (χ3n) is 5.25. The predicted molar refractivity (Wildman–Crippen MR) is 130 cm³/mol. The van der Waals surface area contributed by atoms with E-state index in [2.05, 4.69) is 15.5 Å². The average Bonchev–Trinajstić information content (AvgIpc) is 2.74. The molecule has 0 radical (unpaired) electrons. The van der Waals surface area contributed by atoms with Gasteiger partial charge in [0.1, 0.15) is 0 Å². The number of thiocarbonyl (C=S) groups is 1. The molecule has 1 aliphatic rings. The highest BCUT2D eigenvalue weighted by Gasteiger charge is 2.19. The number of amides is 1. The van der Waals surface area contributed by atoms with E-state index in [4.69, 9.17) is 35.4 Å². The molecule has 0 spiro atoms. The number of nitrogens with zero attached hydrogens (tertiary/aromatic N) is 1. The average molecular weight is 458 g/mol. The number of carbonyl (C=O) groups is 1. The van der Waals surface area contributed by atoms with Crippen molar-refractivity contribution in [2.75, 3.05) is 23.3 Å². The van der Waals surface area contributed by atoms with E-state index in [1.807, 2.05) is 42.5 Å². The topological polar surface area (TPSA) is 44.4 Å². The first kappa shape index (κ1) is 20.9. The van der Waals surface area contributed by atoms with Gasteiger partial charge in [0.2, 0.25) is 0 Å². The number of para-hydroxylation sites is 1. The van der Waals surface area contributed by atoms with Crippen molar-refractivity contribution >= 4 is 68.6 Å². The van der Waals surface area contributed by atoms with Gasteiger partial charge in [-0.1, -0.05) is 53.5 Å². The van der Waals surface area contributed by atoms with Crippen molar-refractivity contribution in [1.82, 2.24) is 5.32 Å². The number of rotatable bonds is 3. The summed E-state index contributed by atoms with van der Waals surface area (Å²) in [6.07, 6.45) is 3.50. The van der Waals surface area contributed by atoms with Crippen LogP contribution in [0.25, 0.3) is 10.8 Å². The summed E-state index contributed by atoms with van der Waals surface area (Å²) in [4.78, 5) is 15.2. The zero-order valence-electron chi connectivity index (χ0n) is 16.3. The van der Waals surface area contributed by atoms with Crippen LogP contribution in [0, 0.1) is 0 Å². The Bertz CT molecular complexity index is 1110. The van der Waals surface area contributed by atoms with Crippen molar-refractivity contribution < 1.29 is 4.79 Å². The molecule has 0 atom stereocenters. The lowest BCUT2D eigenvalue weighted by Crippen LogP contribution is -2.35. The SMILES string of the molecule is O=C(NC(=S)Nc1cccc(Cl)c1N1CCCCC1)c1cccc2c(Cl)cccc12. The molecular weight excluding hydrogens is 437 g/mol. The number of benzene rings is 3. The molecule has 30 heavy (non-hydrogen) atoms. The van der Waals surface area contributed by atoms with Crippen LogP contribution in [-0.4, -0.2) is 24.1 Å². The second kappa shape index (κ2) is 9.21. The van der Waals surface area contributed by atoms with E-state index in [0.29, 0.717) is 15.6 Å². The summed E-state index contributed by atoms with van der Waals surface area (Å²) in [5.41, 5.74) is 2.23. The number of carbonyl (C=O) groups excluding carboxylic acids is 1. The zero-order valence-corrected chi connectivity index (χ0v) is 18.6. The summed E-state index contributed by atoms with van der Waals surface area (Å²) in [6.45, 7) is 1.91. The number of fused-ring (bicyclic) bond motifs is 1. The highest BCUT2D eigenvalue weighted by Crippen LogP contribution is 2.35. The van der Waals surface area contributed by atoms with Gasteiger partial charge in [0.15, 0.2) is 5.11 Å². The fourth-order valence-electron chi connectivity index (χ4n) is 3.85. The van der Waals surface area contributed by atoms with E-state index in [-0.39, 0.29) is 11.0 Å². The monoisotopic (exact) mass is 457 g/mol. The van der Waals surface area contributed by atoms with Gasteiger partial charge in [-0.25, -0.2) is 0 Å². The van der Waals surface area contributed by atoms with E-state index >= 15 is 0 Å². The highest BCUT2D eigenvalue weighted by atomic mass is 35.5. The summed E-state index contributed by atoms with van der Waals surface area (Å²) in [5.74, 6) is -0.290. The molecule has 1 heterocycles. The van der Waals surface area contributed by atoms with Crippen LogP contribution < -0.4 is 15.5 Å². The maximum absolute atomic E-state index is 12.9. The fraction of sp³-hybridized carbons (Fsp3) is 0.217. The Morgan fingerprint density at radius 3 is 2.33 bits per heavy atom. The highest BCUT2D eigenvalue weighted by molar-refractivity contribution is 7.80. The van der Waals surface area contributed by atoms with Crippen LogP contribution in [0.5, 0.6) is 0 Å². The molecule has 0 unspecified atom stereocenters. The van der Waals surface area contributed by atoms with Crippen molar-refractivity contribution in [2.45, 2.75) is 19.3 Å². The lowest BCUT2D eigenvalue weighted by Gasteiger charge is -2.31. The number of nitrogens with one attached hydrogen (secondary N) is 2. The number of hydrogen-bond acceptors (Lipinski definition) is 3. The minimum absolute atomic E-state index is 0.222. The number of anilines is 2. The Morgan fingerprint density at radius 2 is 1.53 bits per heavy atom. The summed E-state index contributed by atoms with van der Waals surface area (Å²) in [6, 6.07) is 16.6. The standard InChI is InChI=1S/C23H21Cl2N3OS/c24-18-10-5-7-15-16(18)8-4-9-17(15)22(29)27-23(30)26-20-12-6-11-19(25)21(20)28-13-2-1-3-14-28/h4-12H,1-3,13-14H2,(H2,26,27,29,30). The Hall–Kier alpha value is -2.34. The first-order chi connectivity index (χ1) is 14.5. The van der Waals surface area contributed by atoms with Gasteiger partial charge >= 0.3 is 0 Å². The largest absolute Gasteiger partial charge is 0.369 e. The molecule has 1 saturated heterocycles. The third kappa shape index (κ3) is 4.38. The first-order valence-electron chi connectivity index (χ1n) is 9.87. The Balaban J connectivity index is 1.54. The first-order valence-corrected chi connectivity index (χ1v) is 11.0. The lowest BCUT2D eigenvalue weighted by molar-refractivity contribution is 0.0979. The molecule has 0 aliphatic carbocycles. The minimum atomic E-state index is -0.290. The van der Waals surface area contributed by atoms with Gasteiger partial charge in [0.05, 0.1) is 16.4 Å². The Morgan fingerprint density at radius 1 is 0.867 bits per heavy atom. The van der Waals surface area contributed by atoms with Gasteiger partial charge in [-0.05, 0) is 61.1 Å². The summed E-state index contributed by atoms with van der Waals surface area (Å²) >= 11 is 18.2. The van der Waals surface area contributed by atoms with E-state index in [0.717, 1.165) is 48.1 Å². The van der Waals surface area contributed by atoms with E-state index < -0.39 is 0 Å². The van der Waals surface area contributed by atoms with Gasteiger partial charge in [-0.3, -0.25) is 10.1 Å². The normalized spacial score (nSPS) is 13.9. The molecule has 3 aromatic rings. The van der Waals surface area contributed by atoms with Crippen molar-refractivity contribution in [1.29, 1.82) is 0 Å². The molecule has 1 amide bonds. The van der Waals surface area contributed by atoms with Crippen LogP contribution >= 0.6 is 35.4 Å². The van der Waals surface area contributed by atoms with Crippen LogP contribution in [0.2, 0.25) is 10.0 Å². The second-order valence-electron chi connectivity index (χ2n) is 7.23. The maximum atomic E-state index is 12.9. The molecule has 154 valence electrons. The van der Waals surface area contributed by atoms with E-state index in [9.17, 15) is 4.79 Å². The number of piperidine rings is 1. The van der Waals surface area contributed by atoms with Crippen LogP contribution in [-0.2, 0) is 0 Å². The van der Waals surface area contributed by atoms with Gasteiger partial charge in [0, 0.05) is 29.1 Å². The van der Waals surface area contributed by atoms with Crippen LogP contribution in [0.15, 0.2) is 54.6 Å². The van der Waals surface area contributed by atoms with Gasteiger partial charge in [-0.2, -0.15) is 0 Å². The van der Waals surface area contributed by atoms with Crippen LogP contribution in [0.3, 0.4) is 0 Å². The van der Waals surface area contributed by atoms with Gasteiger partial charge in [-0.15, -0.1) is 0 Å². The number of hydrogen-bond donors (Lipinski definition) is 2. The molecule has 1 aliphatic heterocycles. The van der Waals surface area contributed by atoms with Crippen molar-refractivity contribution in [2.24, 2.45) is 0 Å². The number of halogens is 2. The molecule has 2 N–H and O–H groups in total. The molecule has 7 heteroatoms. The van der Waals surface area contributed by atoms with Crippen molar-refractivity contribution in [3.05, 3.63) is 70.2 Å². The summed E-state index contributed by atoms with van der Waals surface area (Å²) < 4.78 is 0. The molecule has 4 nitrogen and oxygen atoms in total. The summed E-state index contributed by atoms with van der Waals surface area (Å²) in [7, 11) is 0. The van der Waals surface area contributed by atoms with Crippen LogP contribution in [0.4, 0.5) is 11.4 Å². The van der Waals surface area contributed by atoms with Gasteiger partial charge in [0.25, 0.3) is 5.91 Å². The zero-order chi connectivity index (χ0) is 21.1. The Labute approximate surface area is 191 Å². The maximum Gasteiger partial charge on any atom is 0.258 e.